The Labute approximate surface area is 250 Å². The summed E-state index contributed by atoms with van der Waals surface area (Å²) in [7, 11) is 0. The molecule has 1 saturated heterocycles. The molecule has 2 fully saturated rings. The summed E-state index contributed by atoms with van der Waals surface area (Å²) in [5.74, 6) is -5.61. The lowest BCUT2D eigenvalue weighted by molar-refractivity contribution is -0.128. The van der Waals surface area contributed by atoms with Gasteiger partial charge in [-0.3, -0.25) is 24.2 Å². The van der Waals surface area contributed by atoms with Crippen LogP contribution in [0.25, 0.3) is 0 Å². The summed E-state index contributed by atoms with van der Waals surface area (Å²) >= 11 is 6.55. The van der Waals surface area contributed by atoms with Crippen molar-refractivity contribution < 1.29 is 27.6 Å². The fourth-order valence-corrected chi connectivity index (χ4v) is 5.68. The Bertz CT molecular complexity index is 1590. The van der Waals surface area contributed by atoms with Gasteiger partial charge in [0.2, 0.25) is 23.7 Å². The molecule has 2 heterocycles. The molecule has 43 heavy (non-hydrogen) atoms. The minimum absolute atomic E-state index is 0.00578. The van der Waals surface area contributed by atoms with Crippen LogP contribution in [0.2, 0.25) is 5.02 Å². The zero-order valence-corrected chi connectivity index (χ0v) is 23.5. The number of amides is 3. The minimum Gasteiger partial charge on any atom is -0.351 e. The number of hydrogen-bond acceptors (Lipinski definition) is 6. The first-order valence-corrected chi connectivity index (χ1v) is 14.0. The minimum atomic E-state index is -2.82. The van der Waals surface area contributed by atoms with E-state index < -0.39 is 60.4 Å². The molecule has 2 aromatic carbocycles. The number of carbonyl (C=O) groups excluding carboxylic acids is 3. The number of benzene rings is 2. The number of aromatic nitrogens is 2. The first kappa shape index (κ1) is 30.0. The predicted molar refractivity (Wildman–Crippen MR) is 151 cm³/mol. The van der Waals surface area contributed by atoms with Crippen molar-refractivity contribution in [1.29, 1.82) is 5.26 Å². The monoisotopic (exact) mass is 610 g/mol. The summed E-state index contributed by atoms with van der Waals surface area (Å²) in [6, 6.07) is 11.3. The number of rotatable bonds is 7. The van der Waals surface area contributed by atoms with Crippen LogP contribution in [0, 0.1) is 17.1 Å². The topological polar surface area (TPSA) is 119 Å². The zero-order chi connectivity index (χ0) is 30.7. The van der Waals surface area contributed by atoms with Crippen LogP contribution in [0.5, 0.6) is 0 Å². The molecule has 1 aliphatic carbocycles. The molecule has 1 N–H and O–H groups in total. The van der Waals surface area contributed by atoms with E-state index in [9.17, 15) is 32.8 Å². The summed E-state index contributed by atoms with van der Waals surface area (Å²) in [5, 5.41) is 12.2. The molecule has 3 amide bonds. The van der Waals surface area contributed by atoms with Gasteiger partial charge in [0.05, 0.1) is 0 Å². The second-order valence-corrected chi connectivity index (χ2v) is 10.8. The molecule has 0 spiro atoms. The van der Waals surface area contributed by atoms with Crippen molar-refractivity contribution in [2.24, 2.45) is 0 Å². The van der Waals surface area contributed by atoms with Crippen LogP contribution < -0.4 is 15.1 Å². The van der Waals surface area contributed by atoms with Gasteiger partial charge in [0.25, 0.3) is 5.91 Å². The van der Waals surface area contributed by atoms with Crippen molar-refractivity contribution in [3.8, 4) is 6.07 Å². The average molecular weight is 611 g/mol. The van der Waals surface area contributed by atoms with E-state index in [-0.39, 0.29) is 53.6 Å². The highest BCUT2D eigenvalue weighted by Gasteiger charge is 2.45. The number of anilines is 2. The number of carbonyl (C=O) groups is 3. The van der Waals surface area contributed by atoms with Gasteiger partial charge >= 0.3 is 0 Å². The van der Waals surface area contributed by atoms with Crippen LogP contribution in [-0.4, -0.2) is 45.7 Å². The standard InChI is InChI=1S/C30H26ClF3N6O3/c31-23-7-2-1-6-22(23)26(27(42)37-19-10-13-30(33,34)14-11-19)39(21-5-3-4-18(32)16-21)28(43)24-8-9-25(41)40(24)29-36-15-12-20(17-35)38-29/h1-7,12,15-16,19,24,26H,8-11,13-14H2,(H,37,42)/t24?,26-/m0/s1. The van der Waals surface area contributed by atoms with Crippen LogP contribution in [0.1, 0.15) is 55.8 Å². The van der Waals surface area contributed by atoms with Crippen molar-refractivity contribution >= 4 is 41.0 Å². The third kappa shape index (κ3) is 6.46. The number of halogens is 4. The van der Waals surface area contributed by atoms with Crippen LogP contribution >= 0.6 is 11.6 Å². The fraction of sp³-hybridized carbons (Fsp3) is 0.333. The van der Waals surface area contributed by atoms with E-state index in [2.05, 4.69) is 15.3 Å². The van der Waals surface area contributed by atoms with Gasteiger partial charge in [-0.05, 0) is 49.6 Å². The molecule has 1 aliphatic heterocycles. The van der Waals surface area contributed by atoms with E-state index in [0.717, 1.165) is 15.9 Å². The molecule has 0 radical (unpaired) electrons. The molecule has 2 aliphatic rings. The van der Waals surface area contributed by atoms with Gasteiger partial charge in [0, 0.05) is 47.8 Å². The Hall–Kier alpha value is -4.50. The van der Waals surface area contributed by atoms with Gasteiger partial charge in [0.1, 0.15) is 29.7 Å². The van der Waals surface area contributed by atoms with Crippen LogP contribution in [0.4, 0.5) is 24.8 Å². The van der Waals surface area contributed by atoms with Crippen molar-refractivity contribution in [3.63, 3.8) is 0 Å². The maximum Gasteiger partial charge on any atom is 0.251 e. The smallest absolute Gasteiger partial charge is 0.251 e. The van der Waals surface area contributed by atoms with E-state index in [4.69, 9.17) is 11.6 Å². The Morgan fingerprint density at radius 1 is 1.12 bits per heavy atom. The molecule has 1 aromatic heterocycles. The summed E-state index contributed by atoms with van der Waals surface area (Å²) in [6.07, 6.45) is 0.514. The van der Waals surface area contributed by atoms with Crippen LogP contribution in [0.3, 0.4) is 0 Å². The molecule has 13 heteroatoms. The summed E-state index contributed by atoms with van der Waals surface area (Å²) in [4.78, 5) is 51.9. The summed E-state index contributed by atoms with van der Waals surface area (Å²) < 4.78 is 42.3. The maximum atomic E-state index is 14.6. The number of hydrogen-bond donors (Lipinski definition) is 1. The highest BCUT2D eigenvalue weighted by Crippen LogP contribution is 2.37. The third-order valence-corrected chi connectivity index (χ3v) is 7.91. The molecule has 9 nitrogen and oxygen atoms in total. The Morgan fingerprint density at radius 2 is 1.86 bits per heavy atom. The lowest BCUT2D eigenvalue weighted by Gasteiger charge is -2.37. The second kappa shape index (κ2) is 12.4. The van der Waals surface area contributed by atoms with Gasteiger partial charge < -0.3 is 5.32 Å². The fourth-order valence-electron chi connectivity index (χ4n) is 5.44. The number of alkyl halides is 2. The normalized spacial score (nSPS) is 19.0. The first-order valence-electron chi connectivity index (χ1n) is 13.6. The largest absolute Gasteiger partial charge is 0.351 e. The van der Waals surface area contributed by atoms with Crippen molar-refractivity contribution in [1.82, 2.24) is 15.3 Å². The van der Waals surface area contributed by atoms with E-state index >= 15 is 0 Å². The Morgan fingerprint density at radius 3 is 2.56 bits per heavy atom. The molecule has 1 saturated carbocycles. The van der Waals surface area contributed by atoms with Crippen LogP contribution in [-0.2, 0) is 14.4 Å². The summed E-state index contributed by atoms with van der Waals surface area (Å²) in [6.45, 7) is 0. The van der Waals surface area contributed by atoms with Gasteiger partial charge in [-0.2, -0.15) is 5.26 Å². The Kier molecular flexibility index (Phi) is 8.64. The molecule has 1 unspecified atom stereocenters. The zero-order valence-electron chi connectivity index (χ0n) is 22.7. The Balaban J connectivity index is 1.59. The summed E-state index contributed by atoms with van der Waals surface area (Å²) in [5.41, 5.74) is 0.189. The van der Waals surface area contributed by atoms with Crippen molar-refractivity contribution in [2.75, 3.05) is 9.80 Å². The van der Waals surface area contributed by atoms with Gasteiger partial charge in [-0.25, -0.2) is 23.1 Å². The SMILES string of the molecule is N#Cc1ccnc(N2C(=O)CCC2C(=O)N(c2cccc(F)c2)[C@H](C(=O)NC2CCC(F)(F)CC2)c2ccccc2Cl)n1. The molecule has 222 valence electrons. The van der Waals surface area contributed by atoms with E-state index in [1.807, 2.05) is 6.07 Å². The maximum absolute atomic E-state index is 14.6. The molecular weight excluding hydrogens is 585 g/mol. The van der Waals surface area contributed by atoms with E-state index in [0.29, 0.717) is 0 Å². The van der Waals surface area contributed by atoms with Crippen molar-refractivity contribution in [2.45, 2.75) is 62.6 Å². The number of nitrogens with zero attached hydrogens (tertiary/aromatic N) is 5. The number of nitrogens with one attached hydrogen (secondary N) is 1. The second-order valence-electron chi connectivity index (χ2n) is 10.4. The molecular formula is C30H26ClF3N6O3. The molecule has 5 rings (SSSR count). The number of nitriles is 1. The highest BCUT2D eigenvalue weighted by molar-refractivity contribution is 6.31. The van der Waals surface area contributed by atoms with Gasteiger partial charge in [-0.15, -0.1) is 0 Å². The molecule has 3 aromatic rings. The first-order chi connectivity index (χ1) is 20.6. The van der Waals surface area contributed by atoms with Crippen molar-refractivity contribution in [3.05, 3.63) is 82.9 Å². The van der Waals surface area contributed by atoms with E-state index in [1.54, 1.807) is 12.1 Å². The quantitative estimate of drug-likeness (QED) is 0.397. The third-order valence-electron chi connectivity index (χ3n) is 7.56. The average Bonchev–Trinajstić information content (AvgIpc) is 3.38. The highest BCUT2D eigenvalue weighted by atomic mass is 35.5. The van der Waals surface area contributed by atoms with Crippen LogP contribution in [0.15, 0.2) is 60.8 Å². The lowest BCUT2D eigenvalue weighted by Crippen LogP contribution is -2.53. The lowest BCUT2D eigenvalue weighted by atomic mass is 9.91. The molecule has 0 bridgehead atoms. The van der Waals surface area contributed by atoms with Gasteiger partial charge in [0.15, 0.2) is 0 Å². The molecule has 2 atom stereocenters. The van der Waals surface area contributed by atoms with E-state index in [1.165, 1.54) is 42.6 Å². The van der Waals surface area contributed by atoms with Gasteiger partial charge in [-0.1, -0.05) is 35.9 Å². The predicted octanol–water partition coefficient (Wildman–Crippen LogP) is 5.10.